The molecule has 0 heterocycles. The van der Waals surface area contributed by atoms with Crippen LogP contribution in [0.15, 0.2) is 18.2 Å². The highest BCUT2D eigenvalue weighted by Gasteiger charge is 2.22. The van der Waals surface area contributed by atoms with E-state index in [1.165, 1.54) is 6.42 Å². The molecule has 0 aliphatic heterocycles. The lowest BCUT2D eigenvalue weighted by Crippen LogP contribution is -2.36. The standard InChI is InChI=1S/C15H20ClNO2/c1-10-3-5-13(7-10)17-15(18)9-19-14-6-4-12(16)8-11(14)2/h4,6,8,10,13H,3,5,7,9H2,1-2H3,(H,17,18). The number of benzene rings is 1. The van der Waals surface area contributed by atoms with E-state index in [1.807, 2.05) is 13.0 Å². The van der Waals surface area contributed by atoms with Gasteiger partial charge in [0.25, 0.3) is 5.91 Å². The number of carbonyl (C=O) groups is 1. The summed E-state index contributed by atoms with van der Waals surface area (Å²) in [4.78, 5) is 11.8. The summed E-state index contributed by atoms with van der Waals surface area (Å²) in [5.74, 6) is 1.37. The van der Waals surface area contributed by atoms with Crippen molar-refractivity contribution < 1.29 is 9.53 Å². The first-order valence-electron chi connectivity index (χ1n) is 6.73. The summed E-state index contributed by atoms with van der Waals surface area (Å²) in [7, 11) is 0. The van der Waals surface area contributed by atoms with Gasteiger partial charge in [-0.15, -0.1) is 0 Å². The van der Waals surface area contributed by atoms with Gasteiger partial charge in [0.2, 0.25) is 0 Å². The Morgan fingerprint density at radius 3 is 2.89 bits per heavy atom. The van der Waals surface area contributed by atoms with Crippen LogP contribution in [0.3, 0.4) is 0 Å². The Kier molecular flexibility index (Phi) is 4.70. The summed E-state index contributed by atoms with van der Waals surface area (Å²) in [6, 6.07) is 5.70. The van der Waals surface area contributed by atoms with Crippen LogP contribution in [0.2, 0.25) is 5.02 Å². The van der Waals surface area contributed by atoms with Crippen molar-refractivity contribution in [2.24, 2.45) is 5.92 Å². The predicted octanol–water partition coefficient (Wildman–Crippen LogP) is 3.33. The molecule has 3 nitrogen and oxygen atoms in total. The zero-order valence-corrected chi connectivity index (χ0v) is 12.2. The van der Waals surface area contributed by atoms with E-state index in [9.17, 15) is 4.79 Å². The van der Waals surface area contributed by atoms with Gasteiger partial charge >= 0.3 is 0 Å². The van der Waals surface area contributed by atoms with Crippen molar-refractivity contribution in [2.75, 3.05) is 6.61 Å². The summed E-state index contributed by atoms with van der Waals surface area (Å²) in [6.07, 6.45) is 3.35. The molecule has 19 heavy (non-hydrogen) atoms. The minimum atomic E-state index is -0.0477. The third kappa shape index (κ3) is 4.13. The Morgan fingerprint density at radius 1 is 1.47 bits per heavy atom. The lowest BCUT2D eigenvalue weighted by Gasteiger charge is -2.14. The normalized spacial score (nSPS) is 22.3. The molecule has 1 N–H and O–H groups in total. The molecule has 0 radical (unpaired) electrons. The van der Waals surface area contributed by atoms with Crippen LogP contribution in [-0.4, -0.2) is 18.6 Å². The molecule has 1 aliphatic rings. The quantitative estimate of drug-likeness (QED) is 0.919. The smallest absolute Gasteiger partial charge is 0.258 e. The maximum absolute atomic E-state index is 11.8. The fourth-order valence-electron chi connectivity index (χ4n) is 2.53. The summed E-state index contributed by atoms with van der Waals surface area (Å²) in [5, 5.41) is 3.70. The molecular formula is C15H20ClNO2. The maximum Gasteiger partial charge on any atom is 0.258 e. The molecule has 0 saturated heterocycles. The van der Waals surface area contributed by atoms with E-state index >= 15 is 0 Å². The van der Waals surface area contributed by atoms with Crippen molar-refractivity contribution in [2.45, 2.75) is 39.2 Å². The number of amides is 1. The lowest BCUT2D eigenvalue weighted by atomic mass is 10.1. The molecule has 104 valence electrons. The van der Waals surface area contributed by atoms with Gasteiger partial charge in [-0.25, -0.2) is 0 Å². The van der Waals surface area contributed by atoms with Crippen molar-refractivity contribution in [3.05, 3.63) is 28.8 Å². The van der Waals surface area contributed by atoms with Crippen LogP contribution in [0.4, 0.5) is 0 Å². The van der Waals surface area contributed by atoms with Crippen LogP contribution >= 0.6 is 11.6 Å². The van der Waals surface area contributed by atoms with E-state index in [0.717, 1.165) is 18.4 Å². The number of hydrogen-bond acceptors (Lipinski definition) is 2. The number of carbonyl (C=O) groups excluding carboxylic acids is 1. The van der Waals surface area contributed by atoms with Crippen molar-refractivity contribution in [3.63, 3.8) is 0 Å². The number of aryl methyl sites for hydroxylation is 1. The van der Waals surface area contributed by atoms with Gasteiger partial charge in [-0.3, -0.25) is 4.79 Å². The summed E-state index contributed by atoms with van der Waals surface area (Å²) in [5.41, 5.74) is 0.940. The first-order valence-corrected chi connectivity index (χ1v) is 7.10. The Hall–Kier alpha value is -1.22. The van der Waals surface area contributed by atoms with Gasteiger partial charge in [0.05, 0.1) is 0 Å². The van der Waals surface area contributed by atoms with Crippen LogP contribution in [0.1, 0.15) is 31.7 Å². The van der Waals surface area contributed by atoms with Crippen molar-refractivity contribution in [3.8, 4) is 5.75 Å². The van der Waals surface area contributed by atoms with Gasteiger partial charge < -0.3 is 10.1 Å². The van der Waals surface area contributed by atoms with Gasteiger partial charge in [0.15, 0.2) is 6.61 Å². The number of hydrogen-bond donors (Lipinski definition) is 1. The molecule has 2 unspecified atom stereocenters. The molecule has 1 aromatic carbocycles. The fourth-order valence-corrected chi connectivity index (χ4v) is 2.75. The second kappa shape index (κ2) is 6.29. The summed E-state index contributed by atoms with van der Waals surface area (Å²) < 4.78 is 5.52. The molecule has 2 atom stereocenters. The largest absolute Gasteiger partial charge is 0.484 e. The summed E-state index contributed by atoms with van der Waals surface area (Å²) in [6.45, 7) is 4.20. The lowest BCUT2D eigenvalue weighted by molar-refractivity contribution is -0.123. The first-order chi connectivity index (χ1) is 9.04. The second-order valence-corrected chi connectivity index (χ2v) is 5.82. The Bertz CT molecular complexity index is 461. The van der Waals surface area contributed by atoms with Crippen LogP contribution < -0.4 is 10.1 Å². The number of ether oxygens (including phenoxy) is 1. The van der Waals surface area contributed by atoms with E-state index in [-0.39, 0.29) is 12.5 Å². The average molecular weight is 282 g/mol. The molecule has 0 spiro atoms. The minimum absolute atomic E-state index is 0.0477. The average Bonchev–Trinajstić information content (AvgIpc) is 2.73. The van der Waals surface area contributed by atoms with E-state index in [2.05, 4.69) is 12.2 Å². The van der Waals surface area contributed by atoms with Crippen LogP contribution in [-0.2, 0) is 4.79 Å². The topological polar surface area (TPSA) is 38.3 Å². The van der Waals surface area contributed by atoms with Gasteiger partial charge in [-0.2, -0.15) is 0 Å². The molecule has 1 aromatic rings. The van der Waals surface area contributed by atoms with Gasteiger partial charge in [0, 0.05) is 11.1 Å². The van der Waals surface area contributed by atoms with Gasteiger partial charge in [0.1, 0.15) is 5.75 Å². The van der Waals surface area contributed by atoms with E-state index in [0.29, 0.717) is 22.7 Å². The highest BCUT2D eigenvalue weighted by atomic mass is 35.5. The molecule has 1 saturated carbocycles. The van der Waals surface area contributed by atoms with Crippen molar-refractivity contribution >= 4 is 17.5 Å². The van der Waals surface area contributed by atoms with E-state index in [1.54, 1.807) is 12.1 Å². The minimum Gasteiger partial charge on any atom is -0.484 e. The molecule has 2 rings (SSSR count). The number of rotatable bonds is 4. The third-order valence-electron chi connectivity index (χ3n) is 3.56. The van der Waals surface area contributed by atoms with Crippen LogP contribution in [0.5, 0.6) is 5.75 Å². The first kappa shape index (κ1) is 14.2. The predicted molar refractivity (Wildman–Crippen MR) is 76.6 cm³/mol. The van der Waals surface area contributed by atoms with Crippen LogP contribution in [0.25, 0.3) is 0 Å². The Labute approximate surface area is 119 Å². The highest BCUT2D eigenvalue weighted by Crippen LogP contribution is 2.24. The fraction of sp³-hybridized carbons (Fsp3) is 0.533. The molecule has 1 aliphatic carbocycles. The third-order valence-corrected chi connectivity index (χ3v) is 3.79. The molecule has 4 heteroatoms. The van der Waals surface area contributed by atoms with Gasteiger partial charge in [-0.05, 0) is 55.9 Å². The zero-order valence-electron chi connectivity index (χ0n) is 11.4. The van der Waals surface area contributed by atoms with Crippen molar-refractivity contribution in [1.29, 1.82) is 0 Å². The van der Waals surface area contributed by atoms with Crippen LogP contribution in [0, 0.1) is 12.8 Å². The molecule has 0 bridgehead atoms. The number of nitrogens with one attached hydrogen (secondary N) is 1. The Balaban J connectivity index is 1.80. The number of halogens is 1. The zero-order chi connectivity index (χ0) is 13.8. The monoisotopic (exact) mass is 281 g/mol. The maximum atomic E-state index is 11.8. The summed E-state index contributed by atoms with van der Waals surface area (Å²) >= 11 is 5.87. The highest BCUT2D eigenvalue weighted by molar-refractivity contribution is 6.30. The Morgan fingerprint density at radius 2 is 2.26 bits per heavy atom. The molecule has 0 aromatic heterocycles. The van der Waals surface area contributed by atoms with E-state index in [4.69, 9.17) is 16.3 Å². The van der Waals surface area contributed by atoms with Crippen molar-refractivity contribution in [1.82, 2.24) is 5.32 Å². The molecule has 1 amide bonds. The van der Waals surface area contributed by atoms with E-state index < -0.39 is 0 Å². The second-order valence-electron chi connectivity index (χ2n) is 5.38. The SMILES string of the molecule is Cc1cc(Cl)ccc1OCC(=O)NC1CCC(C)C1. The molecule has 1 fully saturated rings. The molecular weight excluding hydrogens is 262 g/mol. The van der Waals surface area contributed by atoms with Gasteiger partial charge in [-0.1, -0.05) is 18.5 Å².